The number of halogens is 3. The average molecular weight is 379 g/mol. The van der Waals surface area contributed by atoms with Crippen molar-refractivity contribution in [2.45, 2.75) is 12.7 Å². The Balaban J connectivity index is 1.47. The van der Waals surface area contributed by atoms with Crippen molar-refractivity contribution in [3.8, 4) is 17.2 Å². The first-order chi connectivity index (χ1) is 12.9. The zero-order valence-corrected chi connectivity index (χ0v) is 14.1. The Morgan fingerprint density at radius 1 is 1.11 bits per heavy atom. The van der Waals surface area contributed by atoms with Gasteiger partial charge in [-0.05, 0) is 41.5 Å². The van der Waals surface area contributed by atoms with Crippen LogP contribution in [-0.2, 0) is 11.3 Å². The lowest BCUT2D eigenvalue weighted by molar-refractivity contribution is -0.153. The van der Waals surface area contributed by atoms with E-state index in [0.29, 0.717) is 11.5 Å². The van der Waals surface area contributed by atoms with E-state index in [9.17, 15) is 18.0 Å². The average Bonchev–Trinajstić information content (AvgIpc) is 3.11. The lowest BCUT2D eigenvalue weighted by Crippen LogP contribution is -2.20. The molecule has 142 valence electrons. The zero-order chi connectivity index (χ0) is 19.3. The van der Waals surface area contributed by atoms with Gasteiger partial charge in [-0.2, -0.15) is 13.2 Å². The highest BCUT2D eigenvalue weighted by Gasteiger charge is 2.28. The van der Waals surface area contributed by atoms with Gasteiger partial charge in [0.1, 0.15) is 5.75 Å². The van der Waals surface area contributed by atoms with E-state index in [1.165, 1.54) is 18.2 Å². The van der Waals surface area contributed by atoms with E-state index < -0.39 is 12.8 Å². The molecule has 1 heterocycles. The van der Waals surface area contributed by atoms with Crippen LogP contribution < -0.4 is 19.5 Å². The minimum atomic E-state index is -4.38. The van der Waals surface area contributed by atoms with Crippen LogP contribution in [0.4, 0.5) is 13.2 Å². The Labute approximate surface area is 153 Å². The zero-order valence-electron chi connectivity index (χ0n) is 14.1. The van der Waals surface area contributed by atoms with E-state index in [2.05, 4.69) is 10.1 Å². The molecule has 0 saturated carbocycles. The van der Waals surface area contributed by atoms with Crippen molar-refractivity contribution in [3.63, 3.8) is 0 Å². The summed E-state index contributed by atoms with van der Waals surface area (Å²) in [6.07, 6.45) is -1.35. The maximum atomic E-state index is 12.1. The third kappa shape index (κ3) is 5.67. The van der Waals surface area contributed by atoms with Gasteiger partial charge in [0, 0.05) is 12.6 Å². The number of amides is 1. The first-order valence-electron chi connectivity index (χ1n) is 8.03. The number of alkyl halides is 3. The predicted molar refractivity (Wildman–Crippen MR) is 91.4 cm³/mol. The molecular weight excluding hydrogens is 363 g/mol. The summed E-state index contributed by atoms with van der Waals surface area (Å²) in [5.74, 6) is 1.11. The maximum Gasteiger partial charge on any atom is 0.422 e. The quantitative estimate of drug-likeness (QED) is 0.778. The molecule has 1 N–H and O–H groups in total. The normalized spacial score (nSPS) is 13.0. The highest BCUT2D eigenvalue weighted by molar-refractivity contribution is 5.91. The topological polar surface area (TPSA) is 56.8 Å². The van der Waals surface area contributed by atoms with E-state index in [1.54, 1.807) is 36.4 Å². The molecule has 3 rings (SSSR count). The summed E-state index contributed by atoms with van der Waals surface area (Å²) in [7, 11) is 0. The fraction of sp³-hybridized carbons (Fsp3) is 0.211. The minimum Gasteiger partial charge on any atom is -0.484 e. The van der Waals surface area contributed by atoms with E-state index in [-0.39, 0.29) is 25.0 Å². The van der Waals surface area contributed by atoms with Crippen molar-refractivity contribution in [3.05, 3.63) is 59.7 Å². The number of carbonyl (C=O) groups excluding carboxylic acids is 1. The van der Waals surface area contributed by atoms with E-state index in [1.807, 2.05) is 0 Å². The molecular formula is C19H16F3NO4. The summed E-state index contributed by atoms with van der Waals surface area (Å²) >= 11 is 0. The van der Waals surface area contributed by atoms with Crippen LogP contribution in [0.2, 0.25) is 0 Å². The van der Waals surface area contributed by atoms with E-state index in [0.717, 1.165) is 11.1 Å². The molecule has 2 aromatic carbocycles. The van der Waals surface area contributed by atoms with Gasteiger partial charge in [-0.25, -0.2) is 0 Å². The van der Waals surface area contributed by atoms with Gasteiger partial charge >= 0.3 is 6.18 Å². The number of fused-ring (bicyclic) bond motifs is 1. The molecule has 1 aliphatic heterocycles. The molecule has 2 aromatic rings. The Morgan fingerprint density at radius 3 is 2.59 bits per heavy atom. The maximum absolute atomic E-state index is 12.1. The number of ether oxygens (including phenoxy) is 3. The van der Waals surface area contributed by atoms with Crippen molar-refractivity contribution in [2.24, 2.45) is 0 Å². The first kappa shape index (κ1) is 18.6. The molecule has 0 fully saturated rings. The second kappa shape index (κ2) is 8.03. The van der Waals surface area contributed by atoms with Crippen LogP contribution in [-0.4, -0.2) is 25.5 Å². The van der Waals surface area contributed by atoms with E-state index >= 15 is 0 Å². The molecule has 0 aliphatic carbocycles. The summed E-state index contributed by atoms with van der Waals surface area (Å²) in [5, 5.41) is 2.69. The molecule has 0 radical (unpaired) electrons. The van der Waals surface area contributed by atoms with Crippen molar-refractivity contribution < 1.29 is 32.2 Å². The van der Waals surface area contributed by atoms with E-state index in [4.69, 9.17) is 9.47 Å². The second-order valence-electron chi connectivity index (χ2n) is 5.71. The van der Waals surface area contributed by atoms with Gasteiger partial charge in [0.2, 0.25) is 12.7 Å². The monoisotopic (exact) mass is 379 g/mol. The molecule has 0 unspecified atom stereocenters. The largest absolute Gasteiger partial charge is 0.484 e. The molecule has 0 spiro atoms. The number of nitrogens with one attached hydrogen (secondary N) is 1. The number of hydrogen-bond donors (Lipinski definition) is 1. The number of benzene rings is 2. The van der Waals surface area contributed by atoms with Crippen LogP contribution in [0, 0.1) is 0 Å². The fourth-order valence-corrected chi connectivity index (χ4v) is 2.31. The number of carbonyl (C=O) groups is 1. The SMILES string of the molecule is O=C(/C=C/c1ccc2c(c1)OCO2)NCc1ccc(OCC(F)(F)F)cc1. The molecule has 0 saturated heterocycles. The number of rotatable bonds is 6. The van der Waals surface area contributed by atoms with Crippen LogP contribution >= 0.6 is 0 Å². The highest BCUT2D eigenvalue weighted by Crippen LogP contribution is 2.32. The number of hydrogen-bond acceptors (Lipinski definition) is 4. The Hall–Kier alpha value is -3.16. The minimum absolute atomic E-state index is 0.116. The third-order valence-electron chi connectivity index (χ3n) is 3.62. The molecule has 1 amide bonds. The lowest BCUT2D eigenvalue weighted by Gasteiger charge is -2.09. The molecule has 27 heavy (non-hydrogen) atoms. The summed E-state index contributed by atoms with van der Waals surface area (Å²) in [5.41, 5.74) is 1.53. The van der Waals surface area contributed by atoms with Crippen LogP contribution in [0.25, 0.3) is 6.08 Å². The van der Waals surface area contributed by atoms with Gasteiger partial charge < -0.3 is 19.5 Å². The van der Waals surface area contributed by atoms with Crippen LogP contribution in [0.5, 0.6) is 17.2 Å². The van der Waals surface area contributed by atoms with Crippen LogP contribution in [0.3, 0.4) is 0 Å². The summed E-state index contributed by atoms with van der Waals surface area (Å²) in [4.78, 5) is 11.9. The molecule has 5 nitrogen and oxygen atoms in total. The molecule has 0 aromatic heterocycles. The van der Waals surface area contributed by atoms with Crippen molar-refractivity contribution in [1.82, 2.24) is 5.32 Å². The molecule has 8 heteroatoms. The van der Waals surface area contributed by atoms with Gasteiger partial charge in [-0.15, -0.1) is 0 Å². The second-order valence-corrected chi connectivity index (χ2v) is 5.71. The molecule has 1 aliphatic rings. The molecule has 0 bridgehead atoms. The van der Waals surface area contributed by atoms with Gasteiger partial charge in [-0.3, -0.25) is 4.79 Å². The van der Waals surface area contributed by atoms with Gasteiger partial charge in [0.25, 0.3) is 0 Å². The standard InChI is InChI=1S/C19H16F3NO4/c20-19(21,22)11-25-15-5-1-14(2-6-15)10-23-18(24)8-4-13-3-7-16-17(9-13)27-12-26-16/h1-9H,10-12H2,(H,23,24)/b8-4+. The predicted octanol–water partition coefficient (Wildman–Crippen LogP) is 3.69. The van der Waals surface area contributed by atoms with Crippen molar-refractivity contribution >= 4 is 12.0 Å². The lowest BCUT2D eigenvalue weighted by atomic mass is 10.2. The van der Waals surface area contributed by atoms with Gasteiger partial charge in [0.05, 0.1) is 0 Å². The van der Waals surface area contributed by atoms with Gasteiger partial charge in [-0.1, -0.05) is 18.2 Å². The van der Waals surface area contributed by atoms with Gasteiger partial charge in [0.15, 0.2) is 18.1 Å². The summed E-state index contributed by atoms with van der Waals surface area (Å²) in [6, 6.07) is 11.4. The smallest absolute Gasteiger partial charge is 0.422 e. The highest BCUT2D eigenvalue weighted by atomic mass is 19.4. The summed E-state index contributed by atoms with van der Waals surface area (Å²) in [6.45, 7) is -0.916. The first-order valence-corrected chi connectivity index (χ1v) is 8.03. The Bertz CT molecular complexity index is 832. The van der Waals surface area contributed by atoms with Crippen LogP contribution in [0.15, 0.2) is 48.5 Å². The summed E-state index contributed by atoms with van der Waals surface area (Å²) < 4.78 is 51.4. The Morgan fingerprint density at radius 2 is 1.85 bits per heavy atom. The Kier molecular flexibility index (Phi) is 5.54. The molecule has 0 atom stereocenters. The van der Waals surface area contributed by atoms with Crippen molar-refractivity contribution in [1.29, 1.82) is 0 Å². The van der Waals surface area contributed by atoms with Crippen LogP contribution in [0.1, 0.15) is 11.1 Å². The fourth-order valence-electron chi connectivity index (χ4n) is 2.31. The van der Waals surface area contributed by atoms with Crippen molar-refractivity contribution in [2.75, 3.05) is 13.4 Å². The third-order valence-corrected chi connectivity index (χ3v) is 3.62.